The van der Waals surface area contributed by atoms with E-state index in [2.05, 4.69) is 38.1 Å². The lowest BCUT2D eigenvalue weighted by atomic mass is 10.4. The monoisotopic (exact) mass is 288 g/mol. The highest BCUT2D eigenvalue weighted by Gasteiger charge is 2.04. The van der Waals surface area contributed by atoms with E-state index in [9.17, 15) is 0 Å². The summed E-state index contributed by atoms with van der Waals surface area (Å²) in [6, 6.07) is 0. The van der Waals surface area contributed by atoms with Crippen molar-refractivity contribution in [3.05, 3.63) is 10.8 Å². The summed E-state index contributed by atoms with van der Waals surface area (Å²) < 4.78 is 6.08. The first-order chi connectivity index (χ1) is 7.75. The Hall–Kier alpha value is -0.880. The van der Waals surface area contributed by atoms with Crippen molar-refractivity contribution in [1.29, 1.82) is 0 Å². The first-order valence-electron chi connectivity index (χ1n) is 5.33. The Morgan fingerprint density at radius 2 is 2.25 bits per heavy atom. The number of halogens is 1. The molecular weight excluding hydrogens is 272 g/mol. The van der Waals surface area contributed by atoms with E-state index >= 15 is 0 Å². The van der Waals surface area contributed by atoms with Gasteiger partial charge in [-0.3, -0.25) is 0 Å². The molecule has 16 heavy (non-hydrogen) atoms. The Kier molecular flexibility index (Phi) is 6.10. The zero-order valence-electron chi connectivity index (χ0n) is 9.37. The van der Waals surface area contributed by atoms with Crippen LogP contribution in [-0.4, -0.2) is 29.7 Å². The van der Waals surface area contributed by atoms with Gasteiger partial charge in [0.2, 0.25) is 0 Å². The van der Waals surface area contributed by atoms with Crippen molar-refractivity contribution in [2.75, 3.05) is 30.8 Å². The van der Waals surface area contributed by atoms with Crippen molar-refractivity contribution in [2.45, 2.75) is 19.8 Å². The van der Waals surface area contributed by atoms with Crippen LogP contribution in [0.5, 0.6) is 0 Å². The summed E-state index contributed by atoms with van der Waals surface area (Å²) in [6.07, 6.45) is 3.44. The van der Waals surface area contributed by atoms with E-state index in [1.807, 2.05) is 0 Å². The highest BCUT2D eigenvalue weighted by Crippen LogP contribution is 2.23. The lowest BCUT2D eigenvalue weighted by molar-refractivity contribution is 0.134. The fourth-order valence-electron chi connectivity index (χ4n) is 1.13. The molecular formula is C10H17BrN4O. The predicted octanol–water partition coefficient (Wildman–Crippen LogP) is 2.05. The molecule has 1 aromatic rings. The van der Waals surface area contributed by atoms with Crippen LogP contribution in [0.1, 0.15) is 19.8 Å². The fourth-order valence-corrected chi connectivity index (χ4v) is 1.48. The summed E-state index contributed by atoms with van der Waals surface area (Å²) in [7, 11) is 0. The maximum Gasteiger partial charge on any atom is 0.145 e. The van der Waals surface area contributed by atoms with Gasteiger partial charge in [0.25, 0.3) is 0 Å². The number of ether oxygens (including phenoxy) is 1. The van der Waals surface area contributed by atoms with Crippen molar-refractivity contribution in [1.82, 2.24) is 9.97 Å². The van der Waals surface area contributed by atoms with Crippen LogP contribution in [0.25, 0.3) is 0 Å². The normalized spacial score (nSPS) is 10.4. The van der Waals surface area contributed by atoms with Crippen LogP contribution in [0.2, 0.25) is 0 Å². The summed E-state index contributed by atoms with van der Waals surface area (Å²) in [6.45, 7) is 4.49. The third-order valence-corrected chi connectivity index (χ3v) is 2.70. The Morgan fingerprint density at radius 3 is 3.00 bits per heavy atom. The molecule has 1 rings (SSSR count). The lowest BCUT2D eigenvalue weighted by Crippen LogP contribution is -2.08. The Bertz CT molecular complexity index is 322. The van der Waals surface area contributed by atoms with Gasteiger partial charge in [-0.1, -0.05) is 6.92 Å². The van der Waals surface area contributed by atoms with Gasteiger partial charge in [-0.2, -0.15) is 0 Å². The first kappa shape index (κ1) is 13.2. The van der Waals surface area contributed by atoms with Crippen LogP contribution in [0.3, 0.4) is 0 Å². The minimum atomic E-state index is 0.444. The molecule has 0 aromatic carbocycles. The number of aromatic nitrogens is 2. The molecule has 0 radical (unpaired) electrons. The Morgan fingerprint density at radius 1 is 1.44 bits per heavy atom. The highest BCUT2D eigenvalue weighted by molar-refractivity contribution is 9.10. The van der Waals surface area contributed by atoms with Crippen molar-refractivity contribution >= 4 is 27.6 Å². The van der Waals surface area contributed by atoms with Crippen LogP contribution in [0.4, 0.5) is 11.6 Å². The second kappa shape index (κ2) is 7.40. The van der Waals surface area contributed by atoms with Crippen LogP contribution < -0.4 is 11.1 Å². The maximum atomic E-state index is 5.63. The number of hydrogen-bond donors (Lipinski definition) is 2. The Labute approximate surface area is 104 Å². The third-order valence-electron chi connectivity index (χ3n) is 1.92. The molecule has 0 fully saturated rings. The average Bonchev–Trinajstić information content (AvgIpc) is 2.29. The van der Waals surface area contributed by atoms with Crippen molar-refractivity contribution in [3.63, 3.8) is 0 Å². The van der Waals surface area contributed by atoms with Gasteiger partial charge in [-0.05, 0) is 28.8 Å². The number of hydrogen-bond acceptors (Lipinski definition) is 5. The van der Waals surface area contributed by atoms with E-state index < -0.39 is 0 Å². The molecule has 0 aliphatic carbocycles. The molecule has 0 aliphatic heterocycles. The van der Waals surface area contributed by atoms with Gasteiger partial charge in [0, 0.05) is 19.8 Å². The van der Waals surface area contributed by atoms with E-state index in [0.29, 0.717) is 10.3 Å². The predicted molar refractivity (Wildman–Crippen MR) is 68.4 cm³/mol. The molecule has 5 nitrogen and oxygen atoms in total. The van der Waals surface area contributed by atoms with E-state index in [0.717, 1.165) is 38.4 Å². The first-order valence-corrected chi connectivity index (χ1v) is 6.12. The molecule has 0 atom stereocenters. The summed E-state index contributed by atoms with van der Waals surface area (Å²) >= 11 is 3.33. The molecule has 0 saturated carbocycles. The van der Waals surface area contributed by atoms with Gasteiger partial charge in [0.1, 0.15) is 22.4 Å². The van der Waals surface area contributed by atoms with Crippen LogP contribution in [0, 0.1) is 0 Å². The molecule has 3 N–H and O–H groups in total. The summed E-state index contributed by atoms with van der Waals surface area (Å²) in [5.41, 5.74) is 5.63. The van der Waals surface area contributed by atoms with E-state index in [1.165, 1.54) is 6.33 Å². The van der Waals surface area contributed by atoms with Gasteiger partial charge < -0.3 is 15.8 Å². The number of nitrogen functional groups attached to an aromatic ring is 1. The Balaban J connectivity index is 2.24. The minimum Gasteiger partial charge on any atom is -0.383 e. The minimum absolute atomic E-state index is 0.444. The zero-order valence-corrected chi connectivity index (χ0v) is 11.0. The van der Waals surface area contributed by atoms with E-state index in [1.54, 1.807) is 0 Å². The molecule has 1 heterocycles. The molecule has 90 valence electrons. The SMILES string of the molecule is CCCOCCCNc1ncnc(N)c1Br. The van der Waals surface area contributed by atoms with Crippen LogP contribution >= 0.6 is 15.9 Å². The fraction of sp³-hybridized carbons (Fsp3) is 0.600. The molecule has 0 amide bonds. The highest BCUT2D eigenvalue weighted by atomic mass is 79.9. The van der Waals surface area contributed by atoms with Gasteiger partial charge >= 0.3 is 0 Å². The quantitative estimate of drug-likeness (QED) is 0.752. The second-order valence-electron chi connectivity index (χ2n) is 3.31. The molecule has 0 unspecified atom stereocenters. The number of anilines is 2. The van der Waals surface area contributed by atoms with Crippen molar-refractivity contribution < 1.29 is 4.74 Å². The number of nitrogens with two attached hydrogens (primary N) is 1. The summed E-state index contributed by atoms with van der Waals surface area (Å²) in [4.78, 5) is 7.95. The van der Waals surface area contributed by atoms with Gasteiger partial charge in [0.15, 0.2) is 0 Å². The van der Waals surface area contributed by atoms with Gasteiger partial charge in [-0.25, -0.2) is 9.97 Å². The molecule has 0 aliphatic rings. The third kappa shape index (κ3) is 4.32. The van der Waals surface area contributed by atoms with Gasteiger partial charge in [0.05, 0.1) is 0 Å². The number of rotatable bonds is 7. The lowest BCUT2D eigenvalue weighted by Gasteiger charge is -2.08. The molecule has 0 bridgehead atoms. The maximum absolute atomic E-state index is 5.63. The molecule has 6 heteroatoms. The van der Waals surface area contributed by atoms with Crippen molar-refractivity contribution in [3.8, 4) is 0 Å². The van der Waals surface area contributed by atoms with Gasteiger partial charge in [-0.15, -0.1) is 0 Å². The summed E-state index contributed by atoms with van der Waals surface area (Å²) in [5, 5.41) is 3.17. The van der Waals surface area contributed by atoms with Crippen molar-refractivity contribution in [2.24, 2.45) is 0 Å². The molecule has 1 aromatic heterocycles. The zero-order chi connectivity index (χ0) is 11.8. The van der Waals surface area contributed by atoms with E-state index in [4.69, 9.17) is 10.5 Å². The molecule has 0 spiro atoms. The smallest absolute Gasteiger partial charge is 0.145 e. The summed E-state index contributed by atoms with van der Waals surface area (Å²) in [5.74, 6) is 1.17. The standard InChI is InChI=1S/C10H17BrN4O/c1-2-5-16-6-3-4-13-10-8(11)9(12)14-7-15-10/h7H,2-6H2,1H3,(H3,12,13,14,15). The number of nitrogens with one attached hydrogen (secondary N) is 1. The van der Waals surface area contributed by atoms with Crippen LogP contribution in [-0.2, 0) is 4.74 Å². The second-order valence-corrected chi connectivity index (χ2v) is 4.11. The van der Waals surface area contributed by atoms with Crippen LogP contribution in [0.15, 0.2) is 10.8 Å². The largest absolute Gasteiger partial charge is 0.383 e. The number of nitrogens with zero attached hydrogens (tertiary/aromatic N) is 2. The average molecular weight is 289 g/mol. The van der Waals surface area contributed by atoms with E-state index in [-0.39, 0.29) is 0 Å². The molecule has 0 saturated heterocycles. The topological polar surface area (TPSA) is 73.1 Å².